The molecule has 0 spiro atoms. The zero-order chi connectivity index (χ0) is 11.9. The lowest BCUT2D eigenvalue weighted by atomic mass is 10.0. The maximum absolute atomic E-state index is 12.3. The van der Waals surface area contributed by atoms with E-state index in [0.29, 0.717) is 12.0 Å². The zero-order valence-electron chi connectivity index (χ0n) is 10.1. The number of carbonyl (C=O) groups is 1. The minimum Gasteiger partial charge on any atom is -0.316 e. The van der Waals surface area contributed by atoms with Gasteiger partial charge in [-0.3, -0.25) is 14.5 Å². The van der Waals surface area contributed by atoms with Crippen LogP contribution in [0.5, 0.6) is 0 Å². The van der Waals surface area contributed by atoms with Gasteiger partial charge in [0, 0.05) is 18.5 Å². The highest BCUT2D eigenvalue weighted by Gasteiger charge is 2.57. The molecule has 1 saturated carbocycles. The average molecular weight is 221 g/mol. The van der Waals surface area contributed by atoms with Gasteiger partial charge >= 0.3 is 6.17 Å². The molecule has 0 aromatic carbocycles. The number of carbonyl (C=O) groups excluding carboxylic acids is 1. The number of fused-ring (bicyclic) bond motifs is 1. The van der Waals surface area contributed by atoms with Crippen LogP contribution >= 0.6 is 0 Å². The standard InChI is InChI=1S/C12H19N3O/c1-7(8(2)13-3)12(16)15-10-5-9(10)6-11(15)14-4/h7-11,13H,5-6H2,1-3H3. The van der Waals surface area contributed by atoms with Crippen molar-refractivity contribution in [2.45, 2.75) is 44.9 Å². The SMILES string of the molecule is [C-]#[N+]C1CC2CC2N1C(=O)C(C)C(C)NC. The summed E-state index contributed by atoms with van der Waals surface area (Å²) in [6.45, 7) is 11.1. The first-order valence-electron chi connectivity index (χ1n) is 5.96. The van der Waals surface area contributed by atoms with Crippen LogP contribution in [0.4, 0.5) is 0 Å². The van der Waals surface area contributed by atoms with Crippen molar-refractivity contribution in [3.05, 3.63) is 11.4 Å². The fourth-order valence-electron chi connectivity index (χ4n) is 2.56. The first kappa shape index (κ1) is 11.4. The maximum atomic E-state index is 12.3. The van der Waals surface area contributed by atoms with Crippen LogP contribution in [0.3, 0.4) is 0 Å². The quantitative estimate of drug-likeness (QED) is 0.724. The van der Waals surface area contributed by atoms with Gasteiger partial charge in [0.15, 0.2) is 0 Å². The predicted molar refractivity (Wildman–Crippen MR) is 61.4 cm³/mol. The first-order chi connectivity index (χ1) is 7.60. The summed E-state index contributed by atoms with van der Waals surface area (Å²) in [4.78, 5) is 17.7. The van der Waals surface area contributed by atoms with E-state index in [4.69, 9.17) is 6.57 Å². The van der Waals surface area contributed by atoms with E-state index in [-0.39, 0.29) is 24.0 Å². The molecule has 1 amide bonds. The summed E-state index contributed by atoms with van der Waals surface area (Å²) in [5.74, 6) is 0.710. The Kier molecular flexibility index (Phi) is 2.90. The molecular weight excluding hydrogens is 202 g/mol. The Balaban J connectivity index is 2.06. The van der Waals surface area contributed by atoms with Crippen LogP contribution in [0.1, 0.15) is 26.7 Å². The summed E-state index contributed by atoms with van der Waals surface area (Å²) in [7, 11) is 1.87. The monoisotopic (exact) mass is 221 g/mol. The van der Waals surface area contributed by atoms with Crippen molar-refractivity contribution < 1.29 is 4.79 Å². The van der Waals surface area contributed by atoms with Crippen LogP contribution in [0.15, 0.2) is 0 Å². The van der Waals surface area contributed by atoms with Crippen LogP contribution in [-0.2, 0) is 4.79 Å². The maximum Gasteiger partial charge on any atom is 0.301 e. The van der Waals surface area contributed by atoms with Crippen LogP contribution < -0.4 is 5.32 Å². The highest BCUT2D eigenvalue weighted by molar-refractivity contribution is 5.81. The third kappa shape index (κ3) is 1.69. The Labute approximate surface area is 96.8 Å². The number of hydrogen-bond acceptors (Lipinski definition) is 2. The van der Waals surface area contributed by atoms with E-state index in [1.165, 1.54) is 0 Å². The fourth-order valence-corrected chi connectivity index (χ4v) is 2.56. The van der Waals surface area contributed by atoms with Crippen LogP contribution in [-0.4, -0.2) is 36.1 Å². The number of hydrogen-bond donors (Lipinski definition) is 1. The normalized spacial score (nSPS) is 35.1. The predicted octanol–water partition coefficient (Wildman–Crippen LogP) is 1.10. The molecule has 1 heterocycles. The number of rotatable bonds is 3. The van der Waals surface area contributed by atoms with Gasteiger partial charge in [-0.15, -0.1) is 0 Å². The van der Waals surface area contributed by atoms with E-state index < -0.39 is 0 Å². The molecule has 5 unspecified atom stereocenters. The third-order valence-electron chi connectivity index (χ3n) is 4.08. The van der Waals surface area contributed by atoms with Crippen molar-refractivity contribution >= 4 is 5.91 Å². The highest BCUT2D eigenvalue weighted by Crippen LogP contribution is 2.48. The van der Waals surface area contributed by atoms with Gasteiger partial charge in [0.2, 0.25) is 5.91 Å². The fraction of sp³-hybridized carbons (Fsp3) is 0.833. The molecule has 16 heavy (non-hydrogen) atoms. The first-order valence-corrected chi connectivity index (χ1v) is 5.96. The van der Waals surface area contributed by atoms with Crippen molar-refractivity contribution in [3.63, 3.8) is 0 Å². The van der Waals surface area contributed by atoms with Gasteiger partial charge in [0.1, 0.15) is 0 Å². The molecule has 4 heteroatoms. The molecule has 1 saturated heterocycles. The Morgan fingerprint density at radius 1 is 1.50 bits per heavy atom. The lowest BCUT2D eigenvalue weighted by Crippen LogP contribution is -2.45. The van der Waals surface area contributed by atoms with Gasteiger partial charge in [-0.25, -0.2) is 6.57 Å². The molecule has 1 N–H and O–H groups in total. The van der Waals surface area contributed by atoms with Crippen LogP contribution in [0, 0.1) is 18.4 Å². The van der Waals surface area contributed by atoms with Crippen molar-refractivity contribution in [1.29, 1.82) is 0 Å². The largest absolute Gasteiger partial charge is 0.316 e. The smallest absolute Gasteiger partial charge is 0.301 e. The van der Waals surface area contributed by atoms with Crippen molar-refractivity contribution in [1.82, 2.24) is 10.2 Å². The Bertz CT molecular complexity index is 336. The van der Waals surface area contributed by atoms with Gasteiger partial charge in [-0.1, -0.05) is 6.92 Å². The van der Waals surface area contributed by atoms with Crippen molar-refractivity contribution in [2.75, 3.05) is 7.05 Å². The molecule has 0 bridgehead atoms. The number of amides is 1. The minimum absolute atomic E-state index is 0.0476. The topological polar surface area (TPSA) is 36.7 Å². The van der Waals surface area contributed by atoms with E-state index in [1.807, 2.05) is 25.8 Å². The lowest BCUT2D eigenvalue weighted by Gasteiger charge is -2.26. The Hall–Kier alpha value is -1.08. The number of nitrogens with zero attached hydrogens (tertiary/aromatic N) is 2. The zero-order valence-corrected chi connectivity index (χ0v) is 10.1. The summed E-state index contributed by atoms with van der Waals surface area (Å²) in [5.41, 5.74) is 0. The van der Waals surface area contributed by atoms with Crippen molar-refractivity contribution in [3.8, 4) is 0 Å². The van der Waals surface area contributed by atoms with Gasteiger partial charge < -0.3 is 5.32 Å². The molecule has 1 aliphatic heterocycles. The number of piperidine rings is 1. The van der Waals surface area contributed by atoms with Crippen LogP contribution in [0.25, 0.3) is 4.85 Å². The Morgan fingerprint density at radius 3 is 2.75 bits per heavy atom. The summed E-state index contributed by atoms with van der Waals surface area (Å²) >= 11 is 0. The Morgan fingerprint density at radius 2 is 2.19 bits per heavy atom. The molecular formula is C12H19N3O. The summed E-state index contributed by atoms with van der Waals surface area (Å²) in [5, 5.41) is 3.11. The van der Waals surface area contributed by atoms with Crippen molar-refractivity contribution in [2.24, 2.45) is 11.8 Å². The lowest BCUT2D eigenvalue weighted by molar-refractivity contribution is -0.136. The van der Waals surface area contributed by atoms with Gasteiger partial charge in [-0.2, -0.15) is 0 Å². The summed E-state index contributed by atoms with van der Waals surface area (Å²) in [6, 6.07) is 0.537. The molecule has 2 aliphatic rings. The second-order valence-electron chi connectivity index (χ2n) is 5.02. The van der Waals surface area contributed by atoms with E-state index >= 15 is 0 Å². The average Bonchev–Trinajstić information content (AvgIpc) is 2.97. The van der Waals surface area contributed by atoms with E-state index in [9.17, 15) is 4.79 Å². The summed E-state index contributed by atoms with van der Waals surface area (Å²) < 4.78 is 0. The minimum atomic E-state index is -0.192. The number of likely N-dealkylation sites (tertiary alicyclic amines) is 1. The number of nitrogens with one attached hydrogen (secondary N) is 1. The van der Waals surface area contributed by atoms with Gasteiger partial charge in [0.25, 0.3) is 0 Å². The highest BCUT2D eigenvalue weighted by atomic mass is 16.2. The molecule has 88 valence electrons. The van der Waals surface area contributed by atoms with E-state index in [2.05, 4.69) is 10.2 Å². The third-order valence-corrected chi connectivity index (χ3v) is 4.08. The molecule has 4 nitrogen and oxygen atoms in total. The molecule has 0 aromatic heterocycles. The molecule has 2 fully saturated rings. The molecule has 0 radical (unpaired) electrons. The molecule has 0 aromatic rings. The second-order valence-corrected chi connectivity index (χ2v) is 5.02. The van der Waals surface area contributed by atoms with E-state index in [0.717, 1.165) is 12.8 Å². The summed E-state index contributed by atoms with van der Waals surface area (Å²) in [6.07, 6.45) is 1.81. The molecule has 5 atom stereocenters. The van der Waals surface area contributed by atoms with Gasteiger partial charge in [-0.05, 0) is 26.3 Å². The molecule has 2 rings (SSSR count). The van der Waals surface area contributed by atoms with Gasteiger partial charge in [0.05, 0.1) is 5.92 Å². The molecule has 1 aliphatic carbocycles. The van der Waals surface area contributed by atoms with E-state index in [1.54, 1.807) is 0 Å². The second kappa shape index (κ2) is 4.06. The van der Waals surface area contributed by atoms with Crippen LogP contribution in [0.2, 0.25) is 0 Å².